The summed E-state index contributed by atoms with van der Waals surface area (Å²) >= 11 is 6.13. The second kappa shape index (κ2) is 9.42. The summed E-state index contributed by atoms with van der Waals surface area (Å²) in [7, 11) is -3.73. The van der Waals surface area contributed by atoms with Gasteiger partial charge in [0.2, 0.25) is 5.82 Å². The van der Waals surface area contributed by atoms with Gasteiger partial charge >= 0.3 is 6.09 Å². The normalized spacial score (nSPS) is 23.8. The van der Waals surface area contributed by atoms with Crippen LogP contribution in [0.25, 0.3) is 0 Å². The van der Waals surface area contributed by atoms with Crippen molar-refractivity contribution < 1.29 is 36.1 Å². The van der Waals surface area contributed by atoms with Gasteiger partial charge < -0.3 is 24.2 Å². The number of carbonyl (C=O) groups is 2. The third kappa shape index (κ3) is 5.73. The van der Waals surface area contributed by atoms with Gasteiger partial charge in [0, 0.05) is 31.7 Å². The fourth-order valence-electron chi connectivity index (χ4n) is 4.97. The van der Waals surface area contributed by atoms with Crippen molar-refractivity contribution in [2.24, 2.45) is 0 Å². The molecule has 1 aromatic heterocycles. The summed E-state index contributed by atoms with van der Waals surface area (Å²) in [5, 5.41) is -0.472. The smallest absolute Gasteiger partial charge is 0.410 e. The Morgan fingerprint density at radius 1 is 1.24 bits per heavy atom. The van der Waals surface area contributed by atoms with Crippen LogP contribution in [0, 0.1) is 5.82 Å². The maximum absolute atomic E-state index is 15.2. The number of halogens is 2. The Balaban J connectivity index is 1.67. The minimum atomic E-state index is -3.73. The highest BCUT2D eigenvalue weighted by Gasteiger charge is 2.46. The number of anilines is 1. The van der Waals surface area contributed by atoms with Crippen molar-refractivity contribution in [2.75, 3.05) is 43.9 Å². The summed E-state index contributed by atoms with van der Waals surface area (Å²) < 4.78 is 55.1. The number of nitrogens with zero attached hydrogens (tertiary/aromatic N) is 4. The lowest BCUT2D eigenvalue weighted by Gasteiger charge is -2.40. The summed E-state index contributed by atoms with van der Waals surface area (Å²) in [6, 6.07) is -0.555. The van der Waals surface area contributed by atoms with Gasteiger partial charge in [-0.15, -0.1) is 0 Å². The van der Waals surface area contributed by atoms with Gasteiger partial charge in [-0.2, -0.15) is 12.8 Å². The van der Waals surface area contributed by atoms with E-state index in [-0.39, 0.29) is 49.9 Å². The van der Waals surface area contributed by atoms with Crippen molar-refractivity contribution in [1.29, 1.82) is 0 Å². The third-order valence-corrected chi connectivity index (χ3v) is 7.35. The van der Waals surface area contributed by atoms with Crippen molar-refractivity contribution in [2.45, 2.75) is 64.3 Å². The highest BCUT2D eigenvalue weighted by Crippen LogP contribution is 2.43. The lowest BCUT2D eigenvalue weighted by atomic mass is 10.0. The van der Waals surface area contributed by atoms with Crippen LogP contribution in [0.1, 0.15) is 51.4 Å². The number of fused-ring (bicyclic) bond motifs is 2. The minimum Gasteiger partial charge on any atom is -0.487 e. The van der Waals surface area contributed by atoms with E-state index >= 15 is 4.39 Å². The van der Waals surface area contributed by atoms with Crippen LogP contribution < -0.4 is 9.64 Å². The minimum absolute atomic E-state index is 0.0715. The molecule has 2 amide bonds. The largest absolute Gasteiger partial charge is 0.487 e. The van der Waals surface area contributed by atoms with E-state index in [0.29, 0.717) is 6.42 Å². The summed E-state index contributed by atoms with van der Waals surface area (Å²) in [5.41, 5.74) is -1.47. The molecule has 0 N–H and O–H groups in total. The van der Waals surface area contributed by atoms with E-state index in [1.165, 1.54) is 4.90 Å². The van der Waals surface area contributed by atoms with Crippen LogP contribution in [0.2, 0.25) is 5.15 Å². The molecule has 0 radical (unpaired) electrons. The quantitative estimate of drug-likeness (QED) is 0.404. The fraction of sp³-hybridized carbons (Fsp3) is 0.696. The first kappa shape index (κ1) is 27.6. The van der Waals surface area contributed by atoms with Gasteiger partial charge in [-0.05, 0) is 41.0 Å². The molecule has 37 heavy (non-hydrogen) atoms. The van der Waals surface area contributed by atoms with Crippen LogP contribution in [-0.4, -0.2) is 97.5 Å². The first-order valence-corrected chi connectivity index (χ1v) is 14.1. The van der Waals surface area contributed by atoms with Crippen molar-refractivity contribution in [3.05, 3.63) is 16.5 Å². The number of carbonyl (C=O) groups excluding carboxylic acids is 2. The molecule has 3 aliphatic heterocycles. The topological polar surface area (TPSA) is 119 Å². The molecule has 0 spiro atoms. The summed E-state index contributed by atoms with van der Waals surface area (Å²) in [6.45, 7) is 9.55. The predicted octanol–water partition coefficient (Wildman–Crippen LogP) is 2.66. The molecule has 206 valence electrons. The molecule has 1 unspecified atom stereocenters. The van der Waals surface area contributed by atoms with E-state index < -0.39 is 56.4 Å². The summed E-state index contributed by atoms with van der Waals surface area (Å²) in [5.74, 6) is -1.70. The molecule has 0 aliphatic carbocycles. The van der Waals surface area contributed by atoms with E-state index in [1.807, 2.05) is 13.8 Å². The van der Waals surface area contributed by atoms with Gasteiger partial charge in [-0.3, -0.25) is 8.98 Å². The second-order valence-electron chi connectivity index (χ2n) is 11.2. The molecule has 2 fully saturated rings. The van der Waals surface area contributed by atoms with Crippen molar-refractivity contribution in [3.63, 3.8) is 0 Å². The molecule has 1 aromatic rings. The highest BCUT2D eigenvalue weighted by atomic mass is 35.5. The van der Waals surface area contributed by atoms with E-state index in [2.05, 4.69) is 4.98 Å². The Labute approximate surface area is 220 Å². The molecular weight excluding hydrogens is 531 g/mol. The van der Waals surface area contributed by atoms with Crippen LogP contribution in [0.4, 0.5) is 15.0 Å². The fourth-order valence-corrected chi connectivity index (χ4v) is 5.76. The Morgan fingerprint density at radius 2 is 1.92 bits per heavy atom. The molecule has 2 saturated heterocycles. The Morgan fingerprint density at radius 3 is 2.54 bits per heavy atom. The van der Waals surface area contributed by atoms with E-state index in [1.54, 1.807) is 30.6 Å². The number of ether oxygens (including phenoxy) is 2. The average molecular weight is 563 g/mol. The number of pyridine rings is 1. The molecule has 4 rings (SSSR count). The van der Waals surface area contributed by atoms with Gasteiger partial charge in [-0.1, -0.05) is 11.6 Å². The van der Waals surface area contributed by atoms with Gasteiger partial charge in [0.25, 0.3) is 16.0 Å². The highest BCUT2D eigenvalue weighted by molar-refractivity contribution is 7.86. The molecule has 0 bridgehead atoms. The lowest BCUT2D eigenvalue weighted by molar-refractivity contribution is 0.000862. The van der Waals surface area contributed by atoms with Crippen LogP contribution in [0.3, 0.4) is 0 Å². The van der Waals surface area contributed by atoms with Crippen LogP contribution in [0.5, 0.6) is 5.75 Å². The molecule has 3 aliphatic rings. The monoisotopic (exact) mass is 562 g/mol. The first-order chi connectivity index (χ1) is 17.0. The Bertz CT molecular complexity index is 1220. The van der Waals surface area contributed by atoms with Crippen molar-refractivity contribution >= 4 is 39.5 Å². The molecule has 0 saturated carbocycles. The number of hydrogen-bond donors (Lipinski definition) is 0. The van der Waals surface area contributed by atoms with Crippen molar-refractivity contribution in [3.8, 4) is 5.75 Å². The SMILES string of the molecule is CC(C)(C)OC(=O)N1CCN2C(=O)c3c(N4CC(OS(C)(=O)=O)CC4(C)C)nc(Cl)c(F)c3OC[C@H]2C1. The molecular formula is C23H32ClFN4O7S. The van der Waals surface area contributed by atoms with Crippen molar-refractivity contribution in [1.82, 2.24) is 14.8 Å². The summed E-state index contributed by atoms with van der Waals surface area (Å²) in [4.78, 5) is 35.4. The molecule has 4 heterocycles. The van der Waals surface area contributed by atoms with Gasteiger partial charge in [0.05, 0.1) is 18.4 Å². The Kier molecular flexibility index (Phi) is 7.04. The zero-order valence-electron chi connectivity index (χ0n) is 21.7. The molecule has 2 atom stereocenters. The third-order valence-electron chi connectivity index (χ3n) is 6.48. The molecule has 0 aromatic carbocycles. The molecule has 11 nitrogen and oxygen atoms in total. The maximum Gasteiger partial charge on any atom is 0.410 e. The standard InChI is InChI=1S/C23H32ClFN4O7S/c1-22(2,3)35-21(31)27-7-8-28-13(10-27)12-34-17-15(20(28)30)19(26-18(24)16(17)25)29-11-14(9-23(29,4)5)36-37(6,32)33/h13-14H,7-12H2,1-6H3/t13-,14?/m1/s1. The number of aromatic nitrogens is 1. The van der Waals surface area contributed by atoms with E-state index in [4.69, 9.17) is 25.3 Å². The van der Waals surface area contributed by atoms with Gasteiger partial charge in [-0.25, -0.2) is 9.78 Å². The van der Waals surface area contributed by atoms with E-state index in [9.17, 15) is 18.0 Å². The first-order valence-electron chi connectivity index (χ1n) is 11.9. The van der Waals surface area contributed by atoms with Crippen LogP contribution in [-0.2, 0) is 19.0 Å². The van der Waals surface area contributed by atoms with E-state index in [0.717, 1.165) is 6.26 Å². The molecule has 14 heteroatoms. The zero-order valence-corrected chi connectivity index (χ0v) is 23.3. The zero-order chi connectivity index (χ0) is 27.5. The predicted molar refractivity (Wildman–Crippen MR) is 133 cm³/mol. The van der Waals surface area contributed by atoms with Gasteiger partial charge in [0.15, 0.2) is 10.9 Å². The average Bonchev–Trinajstić information content (AvgIpc) is 2.95. The van der Waals surface area contributed by atoms with Gasteiger partial charge in [0.1, 0.15) is 23.6 Å². The number of hydrogen-bond acceptors (Lipinski definition) is 9. The summed E-state index contributed by atoms with van der Waals surface area (Å²) in [6.07, 6.45) is 0.0836. The maximum atomic E-state index is 15.2. The van der Waals surface area contributed by atoms with Crippen LogP contribution >= 0.6 is 11.6 Å². The number of rotatable bonds is 3. The number of piperazine rings is 1. The Hall–Kier alpha value is -2.38. The second-order valence-corrected chi connectivity index (χ2v) is 13.1. The lowest BCUT2D eigenvalue weighted by Crippen LogP contribution is -2.58. The van der Waals surface area contributed by atoms with Crippen LogP contribution in [0.15, 0.2) is 0 Å². The number of amides is 2.